The molecule has 0 radical (unpaired) electrons. The Morgan fingerprint density at radius 2 is 1.73 bits per heavy atom. The van der Waals surface area contributed by atoms with Crippen LogP contribution < -0.4 is 10.5 Å². The summed E-state index contributed by atoms with van der Waals surface area (Å²) in [5.74, 6) is -1.06. The van der Waals surface area contributed by atoms with E-state index in [1.54, 1.807) is 49.6 Å². The summed E-state index contributed by atoms with van der Waals surface area (Å²) in [6, 6.07) is 14.6. The molecule has 0 unspecified atom stereocenters. The van der Waals surface area contributed by atoms with Crippen molar-refractivity contribution in [1.82, 2.24) is 14.3 Å². The number of pyridine rings is 1. The molecule has 208 valence electrons. The number of benzene rings is 2. The Labute approximate surface area is 230 Å². The highest BCUT2D eigenvalue weighted by molar-refractivity contribution is 6.09. The Bertz CT molecular complexity index is 1870. The lowest BCUT2D eigenvalue weighted by molar-refractivity contribution is -0.138. The van der Waals surface area contributed by atoms with E-state index in [2.05, 4.69) is 5.10 Å². The third-order valence-corrected chi connectivity index (χ3v) is 6.84. The van der Waals surface area contributed by atoms with Crippen molar-refractivity contribution in [3.63, 3.8) is 0 Å². The number of rotatable bonds is 5. The number of hydrogen-bond acceptors (Lipinski definition) is 6. The second-order valence-corrected chi connectivity index (χ2v) is 9.30. The summed E-state index contributed by atoms with van der Waals surface area (Å²) < 4.78 is 52.5. The van der Waals surface area contributed by atoms with Crippen LogP contribution in [0.25, 0.3) is 22.3 Å². The van der Waals surface area contributed by atoms with Crippen LogP contribution in [0.3, 0.4) is 0 Å². The first-order valence-corrected chi connectivity index (χ1v) is 12.6. The van der Waals surface area contributed by atoms with Crippen LogP contribution in [-0.4, -0.2) is 39.4 Å². The monoisotopic (exact) mass is 562 g/mol. The smallest absolute Gasteiger partial charge is 0.417 e. The van der Waals surface area contributed by atoms with Gasteiger partial charge in [-0.15, -0.1) is 0 Å². The van der Waals surface area contributed by atoms with Gasteiger partial charge >= 0.3 is 12.1 Å². The van der Waals surface area contributed by atoms with E-state index in [0.29, 0.717) is 28.9 Å². The minimum Gasteiger partial charge on any atom is -0.464 e. The van der Waals surface area contributed by atoms with Gasteiger partial charge in [-0.1, -0.05) is 0 Å². The first-order chi connectivity index (χ1) is 19.7. The molecule has 1 aliphatic rings. The lowest BCUT2D eigenvalue weighted by Gasteiger charge is -2.28. The Balaban J connectivity index is 1.38. The van der Waals surface area contributed by atoms with Gasteiger partial charge in [-0.3, -0.25) is 14.2 Å². The van der Waals surface area contributed by atoms with Crippen LogP contribution >= 0.6 is 0 Å². The molecule has 0 bridgehead atoms. The van der Waals surface area contributed by atoms with Crippen LogP contribution in [0.2, 0.25) is 0 Å². The third-order valence-electron chi connectivity index (χ3n) is 6.84. The number of aromatic nitrogens is 3. The second kappa shape index (κ2) is 9.81. The maximum absolute atomic E-state index is 13.9. The minimum absolute atomic E-state index is 0.0569. The second-order valence-electron chi connectivity index (χ2n) is 9.30. The first-order valence-electron chi connectivity index (χ1n) is 12.6. The third kappa shape index (κ3) is 4.56. The highest BCUT2D eigenvalue weighted by Crippen LogP contribution is 2.32. The number of nitrogens with zero attached hydrogens (tertiary/aromatic N) is 4. The molecule has 0 aliphatic carbocycles. The normalized spacial score (nSPS) is 13.5. The average Bonchev–Trinajstić information content (AvgIpc) is 3.58. The quantitative estimate of drug-likeness (QED) is 0.274. The van der Waals surface area contributed by atoms with Crippen molar-refractivity contribution in [1.29, 1.82) is 0 Å². The first kappa shape index (κ1) is 26.1. The summed E-state index contributed by atoms with van der Waals surface area (Å²) >= 11 is 0. The minimum atomic E-state index is -4.61. The predicted octanol–water partition coefficient (Wildman–Crippen LogP) is 5.17. The molecule has 0 fully saturated rings. The largest absolute Gasteiger partial charge is 0.464 e. The van der Waals surface area contributed by atoms with Gasteiger partial charge in [0.2, 0.25) is 0 Å². The SMILES string of the molecule is CCOC(=O)c1nn(-c2ccc3occc3c2)c2c1CCN(c1ccc(-n3cc(C(F)(F)F)ccc3=O)cc1)C2=O. The average molecular weight is 563 g/mol. The summed E-state index contributed by atoms with van der Waals surface area (Å²) in [6.07, 6.45) is -2.03. The van der Waals surface area contributed by atoms with E-state index in [1.165, 1.54) is 21.7 Å². The molecule has 3 aromatic heterocycles. The number of alkyl halides is 3. The number of amides is 1. The van der Waals surface area contributed by atoms with Gasteiger partial charge in [0.1, 0.15) is 11.3 Å². The number of carbonyl (C=O) groups excluding carboxylic acids is 2. The van der Waals surface area contributed by atoms with Crippen molar-refractivity contribution < 1.29 is 31.9 Å². The lowest BCUT2D eigenvalue weighted by atomic mass is 10.0. The molecule has 6 rings (SSSR count). The summed E-state index contributed by atoms with van der Waals surface area (Å²) in [7, 11) is 0. The van der Waals surface area contributed by atoms with E-state index in [4.69, 9.17) is 9.15 Å². The maximum atomic E-state index is 13.9. The highest BCUT2D eigenvalue weighted by atomic mass is 19.4. The summed E-state index contributed by atoms with van der Waals surface area (Å²) in [6.45, 7) is 2.04. The van der Waals surface area contributed by atoms with Crippen molar-refractivity contribution in [2.45, 2.75) is 19.5 Å². The van der Waals surface area contributed by atoms with E-state index >= 15 is 0 Å². The summed E-state index contributed by atoms with van der Waals surface area (Å²) in [5, 5.41) is 5.26. The van der Waals surface area contributed by atoms with Gasteiger partial charge in [-0.25, -0.2) is 9.48 Å². The van der Waals surface area contributed by atoms with Crippen LogP contribution in [0.4, 0.5) is 18.9 Å². The van der Waals surface area contributed by atoms with Crippen molar-refractivity contribution >= 4 is 28.5 Å². The number of esters is 1. The van der Waals surface area contributed by atoms with Crippen LogP contribution in [0.15, 0.2) is 82.3 Å². The van der Waals surface area contributed by atoms with Crippen molar-refractivity contribution in [2.24, 2.45) is 0 Å². The zero-order chi connectivity index (χ0) is 28.9. The number of carbonyl (C=O) groups is 2. The molecular weight excluding hydrogens is 541 g/mol. The molecule has 5 aromatic rings. The zero-order valence-corrected chi connectivity index (χ0v) is 21.5. The summed E-state index contributed by atoms with van der Waals surface area (Å²) in [5.41, 5.74) is 0.978. The molecule has 1 aliphatic heterocycles. The molecule has 41 heavy (non-hydrogen) atoms. The van der Waals surface area contributed by atoms with E-state index < -0.39 is 29.2 Å². The number of hydrogen-bond donors (Lipinski definition) is 0. The molecule has 0 saturated heterocycles. The Morgan fingerprint density at radius 3 is 2.46 bits per heavy atom. The maximum Gasteiger partial charge on any atom is 0.417 e. The fourth-order valence-electron chi connectivity index (χ4n) is 4.89. The Morgan fingerprint density at radius 1 is 1.00 bits per heavy atom. The zero-order valence-electron chi connectivity index (χ0n) is 21.5. The van der Waals surface area contributed by atoms with Gasteiger partial charge < -0.3 is 14.1 Å². The van der Waals surface area contributed by atoms with Gasteiger partial charge in [0, 0.05) is 41.1 Å². The topological polar surface area (TPSA) is 99.6 Å². The molecule has 0 saturated carbocycles. The molecule has 2 aromatic carbocycles. The van der Waals surface area contributed by atoms with Gasteiger partial charge in [0.15, 0.2) is 5.69 Å². The van der Waals surface area contributed by atoms with Gasteiger partial charge in [-0.05, 0) is 67.9 Å². The molecule has 1 amide bonds. The van der Waals surface area contributed by atoms with Crippen molar-refractivity contribution in [3.05, 3.63) is 106 Å². The number of fused-ring (bicyclic) bond motifs is 2. The fourth-order valence-corrected chi connectivity index (χ4v) is 4.89. The number of anilines is 1. The summed E-state index contributed by atoms with van der Waals surface area (Å²) in [4.78, 5) is 40.4. The highest BCUT2D eigenvalue weighted by Gasteiger charge is 2.36. The van der Waals surface area contributed by atoms with E-state index in [0.717, 1.165) is 28.3 Å². The fraction of sp³-hybridized carbons (Fsp3) is 0.172. The van der Waals surface area contributed by atoms with Crippen molar-refractivity contribution in [3.8, 4) is 11.4 Å². The van der Waals surface area contributed by atoms with Gasteiger partial charge in [0.25, 0.3) is 11.5 Å². The molecule has 0 spiro atoms. The molecule has 4 heterocycles. The molecular formula is C29H21F3N4O5. The van der Waals surface area contributed by atoms with Gasteiger partial charge in [0.05, 0.1) is 24.1 Å². The van der Waals surface area contributed by atoms with Crippen LogP contribution in [0, 0.1) is 0 Å². The lowest BCUT2D eigenvalue weighted by Crippen LogP contribution is -2.39. The molecule has 0 atom stereocenters. The van der Waals surface area contributed by atoms with Gasteiger partial charge in [-0.2, -0.15) is 18.3 Å². The van der Waals surface area contributed by atoms with E-state index in [1.807, 2.05) is 0 Å². The van der Waals surface area contributed by atoms with Crippen LogP contribution in [-0.2, 0) is 17.3 Å². The Hall–Kier alpha value is -5.13. The van der Waals surface area contributed by atoms with Crippen LogP contribution in [0.5, 0.6) is 0 Å². The molecule has 9 nitrogen and oxygen atoms in total. The van der Waals surface area contributed by atoms with E-state index in [-0.39, 0.29) is 30.2 Å². The number of furan rings is 1. The van der Waals surface area contributed by atoms with Crippen molar-refractivity contribution in [2.75, 3.05) is 18.1 Å². The van der Waals surface area contributed by atoms with E-state index in [9.17, 15) is 27.6 Å². The standard InChI is InChI=1S/C29H21F3N4O5/c1-2-40-28(39)25-22-11-13-34(27(38)26(22)36(33-25)21-8-9-23-17(15-21)12-14-41-23)19-4-6-20(7-5-19)35-16-18(29(30,31)32)3-10-24(35)37/h3-10,12,14-16H,2,11,13H2,1H3. The molecule has 0 N–H and O–H groups in total. The molecule has 12 heteroatoms. The number of ether oxygens (including phenoxy) is 1. The predicted molar refractivity (Wildman–Crippen MR) is 142 cm³/mol. The Kier molecular flexibility index (Phi) is 6.24. The number of halogens is 3. The van der Waals surface area contributed by atoms with Crippen LogP contribution in [0.1, 0.15) is 39.0 Å².